The van der Waals surface area contributed by atoms with Gasteiger partial charge in [0.15, 0.2) is 0 Å². The molecule has 4 nitrogen and oxygen atoms in total. The summed E-state index contributed by atoms with van der Waals surface area (Å²) in [5, 5.41) is 1.23. The number of fused-ring (bicyclic) bond motifs is 1. The van der Waals surface area contributed by atoms with Gasteiger partial charge in [-0.25, -0.2) is 9.97 Å². The molecule has 1 aliphatic rings. The van der Waals surface area contributed by atoms with Gasteiger partial charge in [-0.05, 0) is 39.4 Å². The van der Waals surface area contributed by atoms with Crippen LogP contribution in [0.4, 0.5) is 5.82 Å². The largest absolute Gasteiger partial charge is 0.356 e. The molecule has 0 bridgehead atoms. The maximum atomic E-state index is 4.56. The standard InChI is InChI=1S/C15H22N4S/c1-4-12-9-13-14(16-10-17-15(13)20-12)19-7-5-11(6-8-19)18(2)3/h9-11H,4-8H2,1-3H3. The van der Waals surface area contributed by atoms with Gasteiger partial charge in [0.2, 0.25) is 0 Å². The molecule has 20 heavy (non-hydrogen) atoms. The van der Waals surface area contributed by atoms with Gasteiger partial charge in [-0.3, -0.25) is 0 Å². The molecule has 0 atom stereocenters. The molecule has 0 radical (unpaired) electrons. The Bertz CT molecular complexity index is 585. The Balaban J connectivity index is 1.86. The van der Waals surface area contributed by atoms with Gasteiger partial charge < -0.3 is 9.80 Å². The Hall–Kier alpha value is -1.20. The normalized spacial score (nSPS) is 17.3. The van der Waals surface area contributed by atoms with Crippen LogP contribution in [0.15, 0.2) is 12.4 Å². The minimum Gasteiger partial charge on any atom is -0.356 e. The van der Waals surface area contributed by atoms with Crippen LogP contribution < -0.4 is 4.90 Å². The summed E-state index contributed by atoms with van der Waals surface area (Å²) in [5.74, 6) is 1.13. The Morgan fingerprint density at radius 1 is 1.30 bits per heavy atom. The summed E-state index contributed by atoms with van der Waals surface area (Å²) in [4.78, 5) is 16.3. The van der Waals surface area contributed by atoms with E-state index in [9.17, 15) is 0 Å². The minimum atomic E-state index is 0.706. The number of rotatable bonds is 3. The third-order valence-corrected chi connectivity index (χ3v) is 5.39. The molecular weight excluding hydrogens is 268 g/mol. The molecule has 3 heterocycles. The zero-order valence-corrected chi connectivity index (χ0v) is 13.3. The summed E-state index contributed by atoms with van der Waals surface area (Å²) in [7, 11) is 4.35. The fourth-order valence-electron chi connectivity index (χ4n) is 2.91. The molecular formula is C15H22N4S. The summed E-state index contributed by atoms with van der Waals surface area (Å²) in [6, 6.07) is 2.98. The number of piperidine rings is 1. The van der Waals surface area contributed by atoms with E-state index in [2.05, 4.69) is 46.9 Å². The van der Waals surface area contributed by atoms with Crippen LogP contribution in [0.5, 0.6) is 0 Å². The number of aryl methyl sites for hydroxylation is 1. The first-order chi connectivity index (χ1) is 9.69. The van der Waals surface area contributed by atoms with Crippen molar-refractivity contribution >= 4 is 27.4 Å². The molecule has 1 fully saturated rings. The highest BCUT2D eigenvalue weighted by atomic mass is 32.1. The molecule has 5 heteroatoms. The van der Waals surface area contributed by atoms with Crippen molar-refractivity contribution in [2.75, 3.05) is 32.1 Å². The lowest BCUT2D eigenvalue weighted by molar-refractivity contribution is 0.249. The average Bonchev–Trinajstić information content (AvgIpc) is 2.90. The number of aromatic nitrogens is 2. The van der Waals surface area contributed by atoms with Gasteiger partial charge >= 0.3 is 0 Å². The van der Waals surface area contributed by atoms with Gasteiger partial charge in [-0.1, -0.05) is 6.92 Å². The first kappa shape index (κ1) is 13.8. The molecule has 1 saturated heterocycles. The first-order valence-corrected chi connectivity index (χ1v) is 8.15. The Morgan fingerprint density at radius 3 is 2.70 bits per heavy atom. The fourth-order valence-corrected chi connectivity index (χ4v) is 3.84. The quantitative estimate of drug-likeness (QED) is 0.870. The molecule has 3 rings (SSSR count). The fraction of sp³-hybridized carbons (Fsp3) is 0.600. The van der Waals surface area contributed by atoms with E-state index in [0.29, 0.717) is 6.04 Å². The van der Waals surface area contributed by atoms with Crippen molar-refractivity contribution in [1.29, 1.82) is 0 Å². The van der Waals surface area contributed by atoms with Crippen LogP contribution in [0.1, 0.15) is 24.6 Å². The Labute approximate surface area is 124 Å². The molecule has 0 unspecified atom stereocenters. The van der Waals surface area contributed by atoms with Crippen molar-refractivity contribution in [2.45, 2.75) is 32.2 Å². The van der Waals surface area contributed by atoms with Gasteiger partial charge in [-0.15, -0.1) is 11.3 Å². The minimum absolute atomic E-state index is 0.706. The van der Waals surface area contributed by atoms with Gasteiger partial charge in [0, 0.05) is 24.0 Å². The summed E-state index contributed by atoms with van der Waals surface area (Å²) >= 11 is 1.79. The third kappa shape index (κ3) is 2.52. The lowest BCUT2D eigenvalue weighted by Crippen LogP contribution is -2.42. The number of hydrogen-bond acceptors (Lipinski definition) is 5. The number of hydrogen-bond donors (Lipinski definition) is 0. The third-order valence-electron chi connectivity index (χ3n) is 4.20. The predicted molar refractivity (Wildman–Crippen MR) is 85.7 cm³/mol. The molecule has 108 valence electrons. The van der Waals surface area contributed by atoms with E-state index in [1.165, 1.54) is 23.1 Å². The monoisotopic (exact) mass is 290 g/mol. The van der Waals surface area contributed by atoms with Crippen molar-refractivity contribution in [1.82, 2.24) is 14.9 Å². The lowest BCUT2D eigenvalue weighted by Gasteiger charge is -2.35. The zero-order valence-electron chi connectivity index (χ0n) is 12.5. The highest BCUT2D eigenvalue weighted by Crippen LogP contribution is 2.32. The summed E-state index contributed by atoms with van der Waals surface area (Å²) in [6.07, 6.45) is 5.21. The number of nitrogens with zero attached hydrogens (tertiary/aromatic N) is 4. The van der Waals surface area contributed by atoms with E-state index in [1.807, 2.05) is 0 Å². The molecule has 0 aliphatic carbocycles. The second kappa shape index (κ2) is 5.66. The molecule has 2 aromatic heterocycles. The predicted octanol–water partition coefficient (Wildman–Crippen LogP) is 2.78. The summed E-state index contributed by atoms with van der Waals surface area (Å²) in [5.41, 5.74) is 0. The number of anilines is 1. The zero-order chi connectivity index (χ0) is 14.1. The van der Waals surface area contributed by atoms with Crippen molar-refractivity contribution in [3.63, 3.8) is 0 Å². The van der Waals surface area contributed by atoms with Crippen molar-refractivity contribution in [2.24, 2.45) is 0 Å². The summed E-state index contributed by atoms with van der Waals surface area (Å²) < 4.78 is 0. The lowest BCUT2D eigenvalue weighted by atomic mass is 10.0. The second-order valence-corrected chi connectivity index (χ2v) is 6.78. The van der Waals surface area contributed by atoms with Gasteiger partial charge in [0.1, 0.15) is 17.0 Å². The van der Waals surface area contributed by atoms with E-state index in [4.69, 9.17) is 0 Å². The van der Waals surface area contributed by atoms with Crippen molar-refractivity contribution in [3.05, 3.63) is 17.3 Å². The number of thiophene rings is 1. The highest BCUT2D eigenvalue weighted by molar-refractivity contribution is 7.18. The van der Waals surface area contributed by atoms with E-state index in [-0.39, 0.29) is 0 Å². The van der Waals surface area contributed by atoms with E-state index in [1.54, 1.807) is 17.7 Å². The van der Waals surface area contributed by atoms with Crippen molar-refractivity contribution < 1.29 is 0 Å². The van der Waals surface area contributed by atoms with E-state index < -0.39 is 0 Å². The molecule has 0 spiro atoms. The van der Waals surface area contributed by atoms with Crippen LogP contribution in [0.3, 0.4) is 0 Å². The van der Waals surface area contributed by atoms with Crippen LogP contribution in [0.25, 0.3) is 10.2 Å². The SMILES string of the molecule is CCc1cc2c(N3CCC(N(C)C)CC3)ncnc2s1. The molecule has 2 aromatic rings. The molecule has 1 aliphatic heterocycles. The topological polar surface area (TPSA) is 32.3 Å². The highest BCUT2D eigenvalue weighted by Gasteiger charge is 2.23. The summed E-state index contributed by atoms with van der Waals surface area (Å²) in [6.45, 7) is 4.37. The Kier molecular flexibility index (Phi) is 3.89. The van der Waals surface area contributed by atoms with Crippen LogP contribution in [0.2, 0.25) is 0 Å². The van der Waals surface area contributed by atoms with Crippen LogP contribution in [-0.2, 0) is 6.42 Å². The second-order valence-electron chi connectivity index (χ2n) is 5.66. The first-order valence-electron chi connectivity index (χ1n) is 7.34. The van der Waals surface area contributed by atoms with Crippen LogP contribution >= 0.6 is 11.3 Å². The maximum Gasteiger partial charge on any atom is 0.140 e. The van der Waals surface area contributed by atoms with Gasteiger partial charge in [0.05, 0.1) is 5.39 Å². The molecule has 0 amide bonds. The smallest absolute Gasteiger partial charge is 0.140 e. The van der Waals surface area contributed by atoms with Crippen LogP contribution in [0, 0.1) is 0 Å². The maximum absolute atomic E-state index is 4.56. The van der Waals surface area contributed by atoms with Crippen LogP contribution in [-0.4, -0.2) is 48.1 Å². The molecule has 0 aromatic carbocycles. The Morgan fingerprint density at radius 2 is 2.05 bits per heavy atom. The van der Waals surface area contributed by atoms with E-state index >= 15 is 0 Å². The van der Waals surface area contributed by atoms with Gasteiger partial charge in [0.25, 0.3) is 0 Å². The molecule has 0 N–H and O–H groups in total. The molecule has 0 saturated carbocycles. The van der Waals surface area contributed by atoms with Gasteiger partial charge in [-0.2, -0.15) is 0 Å². The van der Waals surface area contributed by atoms with E-state index in [0.717, 1.165) is 30.2 Å². The average molecular weight is 290 g/mol. The van der Waals surface area contributed by atoms with Crippen molar-refractivity contribution in [3.8, 4) is 0 Å².